The van der Waals surface area contributed by atoms with Crippen LogP contribution in [0.2, 0.25) is 5.02 Å². The van der Waals surface area contributed by atoms with Crippen LogP contribution < -0.4 is 10.2 Å². The van der Waals surface area contributed by atoms with E-state index in [1.807, 2.05) is 6.07 Å². The molecule has 0 aromatic heterocycles. The molecule has 0 bridgehead atoms. The van der Waals surface area contributed by atoms with Crippen LogP contribution in [0.25, 0.3) is 0 Å². The van der Waals surface area contributed by atoms with Gasteiger partial charge in [0.05, 0.1) is 28.6 Å². The number of nitriles is 1. The van der Waals surface area contributed by atoms with Gasteiger partial charge in [0.15, 0.2) is 0 Å². The van der Waals surface area contributed by atoms with Gasteiger partial charge in [0.25, 0.3) is 5.91 Å². The molecule has 0 saturated carbocycles. The lowest BCUT2D eigenvalue weighted by Gasteiger charge is -2.27. The number of rotatable bonds is 8. The predicted octanol–water partition coefficient (Wildman–Crippen LogP) is 3.74. The number of benzene rings is 3. The van der Waals surface area contributed by atoms with E-state index in [9.17, 15) is 22.8 Å². The number of imide groups is 1. The smallest absolute Gasteiger partial charge is 0.252 e. The van der Waals surface area contributed by atoms with Crippen molar-refractivity contribution < 1.29 is 22.8 Å². The van der Waals surface area contributed by atoms with E-state index >= 15 is 0 Å². The predicted molar refractivity (Wildman–Crippen MR) is 142 cm³/mol. The lowest BCUT2D eigenvalue weighted by atomic mass is 10.1. The average molecular weight is 551 g/mol. The molecule has 3 aromatic rings. The standard InChI is InChI=1S/C27H23ClN4O5S/c1-18(33)30-22-7-11-24(12-8-22)38(36,37)31(14-13-19-3-2-4-21(28)15-19)25-16-26(34)32(27(25)35)23-9-5-20(17-29)6-10-23/h2-12,15,25H,13-14,16H2,1H3,(H,30,33). The summed E-state index contributed by atoms with van der Waals surface area (Å²) in [5.74, 6) is -1.53. The van der Waals surface area contributed by atoms with Gasteiger partial charge in [-0.05, 0) is 72.6 Å². The maximum Gasteiger partial charge on any atom is 0.252 e. The zero-order chi connectivity index (χ0) is 27.4. The van der Waals surface area contributed by atoms with Gasteiger partial charge in [-0.1, -0.05) is 23.7 Å². The maximum absolute atomic E-state index is 13.8. The number of anilines is 2. The first-order valence-corrected chi connectivity index (χ1v) is 13.4. The van der Waals surface area contributed by atoms with Crippen LogP contribution in [-0.2, 0) is 30.8 Å². The summed E-state index contributed by atoms with van der Waals surface area (Å²) in [6, 6.07) is 19.1. The van der Waals surface area contributed by atoms with E-state index in [2.05, 4.69) is 5.32 Å². The van der Waals surface area contributed by atoms with E-state index < -0.39 is 27.9 Å². The Morgan fingerprint density at radius 1 is 1.11 bits per heavy atom. The van der Waals surface area contributed by atoms with Gasteiger partial charge in [0.1, 0.15) is 6.04 Å². The molecular weight excluding hydrogens is 528 g/mol. The van der Waals surface area contributed by atoms with Crippen molar-refractivity contribution in [2.75, 3.05) is 16.8 Å². The highest BCUT2D eigenvalue weighted by Gasteiger charge is 2.46. The summed E-state index contributed by atoms with van der Waals surface area (Å²) in [6.45, 7) is 1.26. The summed E-state index contributed by atoms with van der Waals surface area (Å²) >= 11 is 6.09. The van der Waals surface area contributed by atoms with Gasteiger partial charge in [-0.2, -0.15) is 9.57 Å². The fourth-order valence-electron chi connectivity index (χ4n) is 4.22. The average Bonchev–Trinajstić information content (AvgIpc) is 3.17. The Balaban J connectivity index is 1.68. The third-order valence-electron chi connectivity index (χ3n) is 6.02. The molecule has 3 amide bonds. The zero-order valence-electron chi connectivity index (χ0n) is 20.3. The van der Waals surface area contributed by atoms with Crippen LogP contribution in [0.1, 0.15) is 24.5 Å². The first-order chi connectivity index (χ1) is 18.1. The second-order valence-electron chi connectivity index (χ2n) is 8.65. The van der Waals surface area contributed by atoms with E-state index in [0.29, 0.717) is 16.3 Å². The van der Waals surface area contributed by atoms with Crippen LogP contribution >= 0.6 is 11.6 Å². The van der Waals surface area contributed by atoms with Crippen LogP contribution in [0.3, 0.4) is 0 Å². The summed E-state index contributed by atoms with van der Waals surface area (Å²) in [7, 11) is -4.24. The van der Waals surface area contributed by atoms with Crippen LogP contribution in [0, 0.1) is 11.3 Å². The second kappa shape index (κ2) is 11.1. The molecule has 0 radical (unpaired) electrons. The molecular formula is C27H23ClN4O5S. The minimum atomic E-state index is -4.24. The second-order valence-corrected chi connectivity index (χ2v) is 11.0. The zero-order valence-corrected chi connectivity index (χ0v) is 21.9. The number of hydrogen-bond donors (Lipinski definition) is 1. The fourth-order valence-corrected chi connectivity index (χ4v) is 6.02. The number of carbonyl (C=O) groups excluding carboxylic acids is 3. The van der Waals surface area contributed by atoms with E-state index in [-0.39, 0.29) is 35.9 Å². The molecule has 38 heavy (non-hydrogen) atoms. The van der Waals surface area contributed by atoms with Crippen molar-refractivity contribution in [2.24, 2.45) is 0 Å². The Hall–Kier alpha value is -4.04. The molecule has 3 aromatic carbocycles. The van der Waals surface area contributed by atoms with E-state index in [4.69, 9.17) is 16.9 Å². The van der Waals surface area contributed by atoms with Gasteiger partial charge in [0.2, 0.25) is 21.8 Å². The molecule has 1 aliphatic heterocycles. The van der Waals surface area contributed by atoms with E-state index in [1.54, 1.807) is 24.3 Å². The Kier molecular flexibility index (Phi) is 7.92. The maximum atomic E-state index is 13.8. The number of sulfonamides is 1. The minimum Gasteiger partial charge on any atom is -0.326 e. The van der Waals surface area contributed by atoms with Crippen molar-refractivity contribution in [2.45, 2.75) is 30.7 Å². The number of nitrogens with one attached hydrogen (secondary N) is 1. The van der Waals surface area contributed by atoms with Crippen molar-refractivity contribution in [3.63, 3.8) is 0 Å². The summed E-state index contributed by atoms with van der Waals surface area (Å²) in [5.41, 5.74) is 1.80. The molecule has 0 aliphatic carbocycles. The monoisotopic (exact) mass is 550 g/mol. The van der Waals surface area contributed by atoms with E-state index in [0.717, 1.165) is 14.8 Å². The first-order valence-electron chi connectivity index (χ1n) is 11.6. The van der Waals surface area contributed by atoms with Crippen LogP contribution in [0.15, 0.2) is 77.7 Å². The summed E-state index contributed by atoms with van der Waals surface area (Å²) in [4.78, 5) is 38.6. The van der Waals surface area contributed by atoms with E-state index in [1.165, 1.54) is 55.5 Å². The fraction of sp³-hybridized carbons (Fsp3) is 0.185. The molecule has 11 heteroatoms. The van der Waals surface area contributed by atoms with Crippen LogP contribution in [0.4, 0.5) is 11.4 Å². The molecule has 1 saturated heterocycles. The topological polar surface area (TPSA) is 128 Å². The van der Waals surface area contributed by atoms with Crippen LogP contribution in [-0.4, -0.2) is 43.0 Å². The summed E-state index contributed by atoms with van der Waals surface area (Å²) in [5, 5.41) is 12.1. The quantitative estimate of drug-likeness (QED) is 0.426. The largest absolute Gasteiger partial charge is 0.326 e. The summed E-state index contributed by atoms with van der Waals surface area (Å²) in [6.07, 6.45) is -0.0871. The first kappa shape index (κ1) is 27.0. The van der Waals surface area contributed by atoms with Crippen molar-refractivity contribution in [1.82, 2.24) is 4.31 Å². The van der Waals surface area contributed by atoms with Gasteiger partial charge < -0.3 is 5.32 Å². The van der Waals surface area contributed by atoms with Gasteiger partial charge in [-0.25, -0.2) is 13.3 Å². The normalized spacial score (nSPS) is 15.5. The number of halogens is 1. The SMILES string of the molecule is CC(=O)Nc1ccc(S(=O)(=O)N(CCc2cccc(Cl)c2)C2CC(=O)N(c3ccc(C#N)cc3)C2=O)cc1. The minimum absolute atomic E-state index is 0.0823. The molecule has 1 N–H and O–H groups in total. The van der Waals surface area contributed by atoms with Crippen LogP contribution in [0.5, 0.6) is 0 Å². The number of hydrogen-bond acceptors (Lipinski definition) is 6. The van der Waals surface area contributed by atoms with Gasteiger partial charge >= 0.3 is 0 Å². The highest BCUT2D eigenvalue weighted by atomic mass is 35.5. The molecule has 1 fully saturated rings. The van der Waals surface area contributed by atoms with Gasteiger partial charge in [-0.3, -0.25) is 14.4 Å². The lowest BCUT2D eigenvalue weighted by Crippen LogP contribution is -2.46. The highest BCUT2D eigenvalue weighted by Crippen LogP contribution is 2.30. The molecule has 4 rings (SSSR count). The third-order valence-corrected chi connectivity index (χ3v) is 8.17. The number of amides is 3. The molecule has 0 spiro atoms. The number of carbonyl (C=O) groups is 3. The molecule has 1 heterocycles. The Morgan fingerprint density at radius 3 is 2.39 bits per heavy atom. The van der Waals surface area contributed by atoms with Crippen molar-refractivity contribution in [3.8, 4) is 6.07 Å². The van der Waals surface area contributed by atoms with Crippen molar-refractivity contribution in [3.05, 3.63) is 88.9 Å². The molecule has 1 aliphatic rings. The Morgan fingerprint density at radius 2 is 1.79 bits per heavy atom. The molecule has 1 atom stereocenters. The highest BCUT2D eigenvalue weighted by molar-refractivity contribution is 7.89. The van der Waals surface area contributed by atoms with Crippen molar-refractivity contribution in [1.29, 1.82) is 5.26 Å². The number of nitrogens with zero attached hydrogens (tertiary/aromatic N) is 3. The lowest BCUT2D eigenvalue weighted by molar-refractivity contribution is -0.122. The molecule has 9 nitrogen and oxygen atoms in total. The van der Waals surface area contributed by atoms with Gasteiger partial charge in [0, 0.05) is 24.2 Å². The molecule has 194 valence electrons. The Labute approximate surface area is 225 Å². The van der Waals surface area contributed by atoms with Gasteiger partial charge in [-0.15, -0.1) is 0 Å². The molecule has 1 unspecified atom stereocenters. The Bertz CT molecular complexity index is 1530. The summed E-state index contributed by atoms with van der Waals surface area (Å²) < 4.78 is 28.7. The van der Waals surface area contributed by atoms with Crippen molar-refractivity contribution >= 4 is 50.7 Å². The third kappa shape index (κ3) is 5.75.